The Morgan fingerprint density at radius 1 is 1.03 bits per heavy atom. The molecule has 4 rings (SSSR count). The molecular weight excluding hydrogens is 380 g/mol. The number of fused-ring (bicyclic) bond motifs is 1. The number of hydrogen-bond acceptors (Lipinski definition) is 5. The van der Waals surface area contributed by atoms with Crippen molar-refractivity contribution in [3.05, 3.63) is 75.5 Å². The molecule has 0 N–H and O–H groups in total. The van der Waals surface area contributed by atoms with Gasteiger partial charge in [0.1, 0.15) is 0 Å². The summed E-state index contributed by atoms with van der Waals surface area (Å²) >= 11 is 0. The van der Waals surface area contributed by atoms with E-state index in [4.69, 9.17) is 0 Å². The van der Waals surface area contributed by atoms with Crippen LogP contribution in [0, 0.1) is 24.0 Å². The Labute approximate surface area is 175 Å². The van der Waals surface area contributed by atoms with Crippen molar-refractivity contribution in [3.8, 4) is 0 Å². The molecule has 0 atom stereocenters. The Kier molecular flexibility index (Phi) is 5.35. The molecule has 154 valence electrons. The van der Waals surface area contributed by atoms with E-state index in [-0.39, 0.29) is 16.5 Å². The third-order valence-corrected chi connectivity index (χ3v) is 5.51. The van der Waals surface area contributed by atoms with Crippen LogP contribution >= 0.6 is 0 Å². The number of amides is 1. The highest BCUT2D eigenvalue weighted by atomic mass is 16.6. The van der Waals surface area contributed by atoms with Gasteiger partial charge < -0.3 is 9.80 Å². The topological polar surface area (TPSA) is 79.6 Å². The molecule has 30 heavy (non-hydrogen) atoms. The molecular formula is C23H24N4O3. The summed E-state index contributed by atoms with van der Waals surface area (Å²) in [6.07, 6.45) is 0.829. The monoisotopic (exact) mass is 404 g/mol. The number of carbonyl (C=O) groups excluding carboxylic acids is 1. The number of anilines is 1. The van der Waals surface area contributed by atoms with Crippen LogP contribution in [0.25, 0.3) is 10.9 Å². The molecule has 1 amide bonds. The molecule has 2 heterocycles. The van der Waals surface area contributed by atoms with Gasteiger partial charge >= 0.3 is 0 Å². The number of nitrogens with zero attached hydrogens (tertiary/aromatic N) is 4. The minimum absolute atomic E-state index is 0.0172. The first-order valence-corrected chi connectivity index (χ1v) is 10.1. The normalized spacial score (nSPS) is 14.6. The summed E-state index contributed by atoms with van der Waals surface area (Å²) in [4.78, 5) is 32.6. The Morgan fingerprint density at radius 2 is 1.83 bits per heavy atom. The van der Waals surface area contributed by atoms with Gasteiger partial charge in [-0.15, -0.1) is 0 Å². The van der Waals surface area contributed by atoms with E-state index >= 15 is 0 Å². The van der Waals surface area contributed by atoms with Gasteiger partial charge in [0, 0.05) is 54.6 Å². The van der Waals surface area contributed by atoms with E-state index in [9.17, 15) is 14.9 Å². The van der Waals surface area contributed by atoms with Crippen molar-refractivity contribution < 1.29 is 9.72 Å². The number of nitro benzene ring substituents is 1. The largest absolute Gasteiger partial charge is 0.369 e. The van der Waals surface area contributed by atoms with Crippen LogP contribution in [0.3, 0.4) is 0 Å². The van der Waals surface area contributed by atoms with Crippen LogP contribution in [0.5, 0.6) is 0 Å². The standard InChI is InChI=1S/C23H24N4O3/c1-16-6-3-7-18(14-16)23(28)26-11-5-10-25(12-13-26)21-15-17(2)24-22-19(21)8-4-9-20(22)27(29)30/h3-4,6-9,14-15H,5,10-13H2,1-2H3. The molecule has 1 aliphatic rings. The van der Waals surface area contributed by atoms with E-state index in [1.807, 2.05) is 55.1 Å². The lowest BCUT2D eigenvalue weighted by Crippen LogP contribution is -2.35. The molecule has 1 saturated heterocycles. The summed E-state index contributed by atoms with van der Waals surface area (Å²) < 4.78 is 0. The van der Waals surface area contributed by atoms with Crippen molar-refractivity contribution in [1.29, 1.82) is 0 Å². The lowest BCUT2D eigenvalue weighted by atomic mass is 10.1. The average molecular weight is 404 g/mol. The van der Waals surface area contributed by atoms with Gasteiger partial charge in [-0.05, 0) is 38.5 Å². The van der Waals surface area contributed by atoms with Crippen molar-refractivity contribution in [2.24, 2.45) is 0 Å². The van der Waals surface area contributed by atoms with Crippen molar-refractivity contribution in [2.45, 2.75) is 20.3 Å². The van der Waals surface area contributed by atoms with E-state index in [1.54, 1.807) is 6.07 Å². The number of nitro groups is 1. The number of benzene rings is 2. The molecule has 1 aliphatic heterocycles. The van der Waals surface area contributed by atoms with E-state index in [2.05, 4.69) is 9.88 Å². The van der Waals surface area contributed by atoms with Crippen molar-refractivity contribution in [2.75, 3.05) is 31.1 Å². The van der Waals surface area contributed by atoms with E-state index < -0.39 is 0 Å². The van der Waals surface area contributed by atoms with Crippen LogP contribution in [0.15, 0.2) is 48.5 Å². The number of aromatic nitrogens is 1. The summed E-state index contributed by atoms with van der Waals surface area (Å²) in [5.74, 6) is 0.0481. The molecule has 2 aromatic carbocycles. The van der Waals surface area contributed by atoms with Gasteiger partial charge in [-0.2, -0.15) is 0 Å². The van der Waals surface area contributed by atoms with Crippen LogP contribution in [0.1, 0.15) is 28.0 Å². The van der Waals surface area contributed by atoms with E-state index in [0.717, 1.165) is 35.3 Å². The van der Waals surface area contributed by atoms with Crippen LogP contribution in [0.4, 0.5) is 11.4 Å². The molecule has 7 heteroatoms. The van der Waals surface area contributed by atoms with Gasteiger partial charge in [0.25, 0.3) is 11.6 Å². The number of rotatable bonds is 3. The molecule has 1 aromatic heterocycles. The Hall–Kier alpha value is -3.48. The van der Waals surface area contributed by atoms with Crippen LogP contribution in [-0.2, 0) is 0 Å². The number of aryl methyl sites for hydroxylation is 2. The number of pyridine rings is 1. The maximum Gasteiger partial charge on any atom is 0.295 e. The highest BCUT2D eigenvalue weighted by Gasteiger charge is 2.23. The number of carbonyl (C=O) groups is 1. The minimum Gasteiger partial charge on any atom is -0.369 e. The SMILES string of the molecule is Cc1cccc(C(=O)N2CCCN(c3cc(C)nc4c([N+](=O)[O-])cccc34)CC2)c1. The zero-order valence-electron chi connectivity index (χ0n) is 17.2. The highest BCUT2D eigenvalue weighted by molar-refractivity contribution is 5.97. The maximum atomic E-state index is 13.0. The first kappa shape index (κ1) is 19.8. The third-order valence-electron chi connectivity index (χ3n) is 5.51. The second-order valence-corrected chi connectivity index (χ2v) is 7.72. The van der Waals surface area contributed by atoms with Gasteiger partial charge in [-0.3, -0.25) is 14.9 Å². The van der Waals surface area contributed by atoms with Gasteiger partial charge in [0.15, 0.2) is 5.52 Å². The predicted octanol–water partition coefficient (Wildman–Crippen LogP) is 4.11. The van der Waals surface area contributed by atoms with E-state index in [1.165, 1.54) is 6.07 Å². The van der Waals surface area contributed by atoms with Gasteiger partial charge in [0.05, 0.1) is 4.92 Å². The second-order valence-electron chi connectivity index (χ2n) is 7.72. The quantitative estimate of drug-likeness (QED) is 0.485. The zero-order chi connectivity index (χ0) is 21.3. The number of non-ortho nitro benzene ring substituents is 1. The van der Waals surface area contributed by atoms with Gasteiger partial charge in [0.2, 0.25) is 0 Å². The fraction of sp³-hybridized carbons (Fsp3) is 0.304. The summed E-state index contributed by atoms with van der Waals surface area (Å²) in [5.41, 5.74) is 3.88. The second kappa shape index (κ2) is 8.10. The van der Waals surface area contributed by atoms with E-state index in [0.29, 0.717) is 30.7 Å². The minimum atomic E-state index is -0.386. The first-order valence-electron chi connectivity index (χ1n) is 10.1. The van der Waals surface area contributed by atoms with Crippen LogP contribution in [-0.4, -0.2) is 46.9 Å². The van der Waals surface area contributed by atoms with Crippen LogP contribution < -0.4 is 4.90 Å². The molecule has 0 radical (unpaired) electrons. The average Bonchev–Trinajstić information content (AvgIpc) is 2.98. The summed E-state index contributed by atoms with van der Waals surface area (Å²) in [7, 11) is 0. The van der Waals surface area contributed by atoms with Gasteiger partial charge in [-0.1, -0.05) is 29.8 Å². The molecule has 0 aliphatic carbocycles. The summed E-state index contributed by atoms with van der Waals surface area (Å²) in [6.45, 7) is 6.57. The first-order chi connectivity index (χ1) is 14.4. The lowest BCUT2D eigenvalue weighted by Gasteiger charge is -2.25. The zero-order valence-corrected chi connectivity index (χ0v) is 17.2. The lowest BCUT2D eigenvalue weighted by molar-refractivity contribution is -0.383. The van der Waals surface area contributed by atoms with Crippen LogP contribution in [0.2, 0.25) is 0 Å². The molecule has 0 unspecified atom stereocenters. The molecule has 0 spiro atoms. The smallest absolute Gasteiger partial charge is 0.295 e. The third kappa shape index (κ3) is 3.83. The maximum absolute atomic E-state index is 13.0. The van der Waals surface area contributed by atoms with Crippen molar-refractivity contribution >= 4 is 28.2 Å². The summed E-state index contributed by atoms with van der Waals surface area (Å²) in [6, 6.07) is 14.7. The Bertz CT molecular complexity index is 1130. The fourth-order valence-electron chi connectivity index (χ4n) is 4.07. The van der Waals surface area contributed by atoms with Crippen molar-refractivity contribution in [3.63, 3.8) is 0 Å². The molecule has 0 saturated carbocycles. The summed E-state index contributed by atoms with van der Waals surface area (Å²) in [5, 5.41) is 12.2. The molecule has 0 bridgehead atoms. The highest BCUT2D eigenvalue weighted by Crippen LogP contribution is 2.32. The molecule has 3 aromatic rings. The Morgan fingerprint density at radius 3 is 2.60 bits per heavy atom. The van der Waals surface area contributed by atoms with Gasteiger partial charge in [-0.25, -0.2) is 4.98 Å². The predicted molar refractivity (Wildman–Crippen MR) is 117 cm³/mol. The Balaban J connectivity index is 1.62. The molecule has 7 nitrogen and oxygen atoms in total. The molecule has 1 fully saturated rings. The number of para-hydroxylation sites is 1. The fourth-order valence-corrected chi connectivity index (χ4v) is 4.07. The number of hydrogen-bond donors (Lipinski definition) is 0. The van der Waals surface area contributed by atoms with Crippen molar-refractivity contribution in [1.82, 2.24) is 9.88 Å².